The molecule has 0 saturated carbocycles. The molecule has 2 rings (SSSR count). The van der Waals surface area contributed by atoms with Crippen LogP contribution in [0.4, 0.5) is 0 Å². The first-order chi connectivity index (χ1) is 9.61. The van der Waals surface area contributed by atoms with Crippen LogP contribution in [0.3, 0.4) is 0 Å². The fourth-order valence-corrected chi connectivity index (χ4v) is 2.81. The first-order valence-electron chi connectivity index (χ1n) is 7.18. The van der Waals surface area contributed by atoms with E-state index in [2.05, 4.69) is 6.92 Å². The summed E-state index contributed by atoms with van der Waals surface area (Å²) < 4.78 is 0. The van der Waals surface area contributed by atoms with Crippen LogP contribution < -0.4 is 0 Å². The lowest BCUT2D eigenvalue weighted by Gasteiger charge is -2.37. The number of likely N-dealkylation sites (tertiary alicyclic amines) is 1. The molecule has 0 spiro atoms. The number of nitrogens with zero attached hydrogens (tertiary/aromatic N) is 1. The van der Waals surface area contributed by atoms with Crippen LogP contribution in [0.15, 0.2) is 30.3 Å². The van der Waals surface area contributed by atoms with E-state index in [1.54, 1.807) is 4.90 Å². The zero-order chi connectivity index (χ0) is 14.5. The number of carbonyl (C=O) groups is 2. The lowest BCUT2D eigenvalue weighted by atomic mass is 9.88. The largest absolute Gasteiger partial charge is 0.480 e. The van der Waals surface area contributed by atoms with Gasteiger partial charge in [-0.15, -0.1) is 0 Å². The Kier molecular flexibility index (Phi) is 4.77. The van der Waals surface area contributed by atoms with E-state index in [9.17, 15) is 14.7 Å². The number of aliphatic carboxylic acids is 1. The van der Waals surface area contributed by atoms with Crippen molar-refractivity contribution < 1.29 is 14.7 Å². The van der Waals surface area contributed by atoms with Crippen LogP contribution in [0.1, 0.15) is 31.7 Å². The second kappa shape index (κ2) is 6.55. The molecule has 0 aromatic heterocycles. The Balaban J connectivity index is 2.06. The number of carbonyl (C=O) groups excluding carboxylic acids is 1. The molecule has 2 atom stereocenters. The average Bonchev–Trinajstić information content (AvgIpc) is 2.47. The van der Waals surface area contributed by atoms with Crippen molar-refractivity contribution >= 4 is 11.9 Å². The van der Waals surface area contributed by atoms with Gasteiger partial charge in [0.1, 0.15) is 6.04 Å². The average molecular weight is 275 g/mol. The van der Waals surface area contributed by atoms with Gasteiger partial charge < -0.3 is 10.0 Å². The Labute approximate surface area is 119 Å². The Bertz CT molecular complexity index is 472. The van der Waals surface area contributed by atoms with Crippen molar-refractivity contribution in [1.29, 1.82) is 0 Å². The normalized spacial score (nSPS) is 22.6. The standard InChI is InChI=1S/C16H21NO3/c1-2-12-8-9-17(14(10-12)16(19)20)15(18)11-13-6-4-3-5-7-13/h3-7,12,14H,2,8-11H2,1H3,(H,19,20). The molecule has 20 heavy (non-hydrogen) atoms. The van der Waals surface area contributed by atoms with Crippen LogP contribution in [0.25, 0.3) is 0 Å². The maximum Gasteiger partial charge on any atom is 0.326 e. The molecule has 1 aromatic rings. The van der Waals surface area contributed by atoms with E-state index in [0.717, 1.165) is 18.4 Å². The monoisotopic (exact) mass is 275 g/mol. The SMILES string of the molecule is CCC1CCN(C(=O)Cc2ccccc2)C(C(=O)O)C1. The zero-order valence-corrected chi connectivity index (χ0v) is 11.8. The van der Waals surface area contributed by atoms with Gasteiger partial charge in [0, 0.05) is 6.54 Å². The molecule has 0 aliphatic carbocycles. The molecule has 108 valence electrons. The van der Waals surface area contributed by atoms with Crippen molar-refractivity contribution in [2.24, 2.45) is 5.92 Å². The van der Waals surface area contributed by atoms with Crippen LogP contribution >= 0.6 is 0 Å². The van der Waals surface area contributed by atoms with Crippen LogP contribution in [-0.4, -0.2) is 34.5 Å². The molecule has 1 heterocycles. The summed E-state index contributed by atoms with van der Waals surface area (Å²) in [5, 5.41) is 9.34. The summed E-state index contributed by atoms with van der Waals surface area (Å²) in [4.78, 5) is 25.3. The summed E-state index contributed by atoms with van der Waals surface area (Å²) in [5.41, 5.74) is 0.930. The lowest BCUT2D eigenvalue weighted by molar-refractivity contribution is -0.152. The minimum absolute atomic E-state index is 0.0850. The third-order valence-corrected chi connectivity index (χ3v) is 4.09. The molecule has 0 bridgehead atoms. The number of hydrogen-bond acceptors (Lipinski definition) is 2. The molecule has 1 aliphatic heterocycles. The fraction of sp³-hybridized carbons (Fsp3) is 0.500. The smallest absolute Gasteiger partial charge is 0.326 e. The minimum Gasteiger partial charge on any atom is -0.480 e. The second-order valence-corrected chi connectivity index (χ2v) is 5.40. The van der Waals surface area contributed by atoms with Gasteiger partial charge in [0.15, 0.2) is 0 Å². The van der Waals surface area contributed by atoms with Gasteiger partial charge in [-0.25, -0.2) is 4.79 Å². The van der Waals surface area contributed by atoms with Gasteiger partial charge in [0.2, 0.25) is 5.91 Å². The summed E-state index contributed by atoms with van der Waals surface area (Å²) in [7, 11) is 0. The van der Waals surface area contributed by atoms with E-state index in [0.29, 0.717) is 18.9 Å². The highest BCUT2D eigenvalue weighted by atomic mass is 16.4. The highest BCUT2D eigenvalue weighted by molar-refractivity contribution is 5.85. The molecular formula is C16H21NO3. The Hall–Kier alpha value is -1.84. The number of carboxylic acid groups (broad SMARTS) is 1. The number of hydrogen-bond donors (Lipinski definition) is 1. The summed E-state index contributed by atoms with van der Waals surface area (Å²) in [6.45, 7) is 2.63. The quantitative estimate of drug-likeness (QED) is 0.917. The molecule has 1 aliphatic rings. The van der Waals surface area contributed by atoms with E-state index in [1.807, 2.05) is 30.3 Å². The van der Waals surface area contributed by atoms with Gasteiger partial charge in [0.25, 0.3) is 0 Å². The molecule has 1 amide bonds. The summed E-state index contributed by atoms with van der Waals surface area (Å²) >= 11 is 0. The number of carboxylic acids is 1. The van der Waals surface area contributed by atoms with E-state index in [1.165, 1.54) is 0 Å². The van der Waals surface area contributed by atoms with Crippen molar-refractivity contribution in [2.75, 3.05) is 6.54 Å². The second-order valence-electron chi connectivity index (χ2n) is 5.40. The molecule has 0 radical (unpaired) electrons. The van der Waals surface area contributed by atoms with Gasteiger partial charge in [-0.1, -0.05) is 43.7 Å². The van der Waals surface area contributed by atoms with Crippen molar-refractivity contribution in [2.45, 2.75) is 38.6 Å². The predicted molar refractivity (Wildman–Crippen MR) is 76.3 cm³/mol. The molecule has 4 heteroatoms. The maximum atomic E-state index is 12.3. The first-order valence-corrected chi connectivity index (χ1v) is 7.18. The van der Waals surface area contributed by atoms with Crippen LogP contribution in [0, 0.1) is 5.92 Å². The molecule has 4 nitrogen and oxygen atoms in total. The van der Waals surface area contributed by atoms with Gasteiger partial charge in [-0.2, -0.15) is 0 Å². The van der Waals surface area contributed by atoms with Crippen LogP contribution in [-0.2, 0) is 16.0 Å². The molecule has 1 N–H and O–H groups in total. The maximum absolute atomic E-state index is 12.3. The van der Waals surface area contributed by atoms with Crippen molar-refractivity contribution in [3.05, 3.63) is 35.9 Å². The van der Waals surface area contributed by atoms with Gasteiger partial charge in [-0.3, -0.25) is 4.79 Å². The van der Waals surface area contributed by atoms with E-state index in [4.69, 9.17) is 0 Å². The van der Waals surface area contributed by atoms with E-state index in [-0.39, 0.29) is 12.3 Å². The van der Waals surface area contributed by atoms with E-state index < -0.39 is 12.0 Å². The summed E-state index contributed by atoms with van der Waals surface area (Å²) in [6, 6.07) is 8.81. The fourth-order valence-electron chi connectivity index (χ4n) is 2.81. The number of benzene rings is 1. The molecular weight excluding hydrogens is 254 g/mol. The zero-order valence-electron chi connectivity index (χ0n) is 11.8. The highest BCUT2D eigenvalue weighted by Crippen LogP contribution is 2.26. The van der Waals surface area contributed by atoms with Crippen molar-refractivity contribution in [1.82, 2.24) is 4.90 Å². The summed E-state index contributed by atoms with van der Waals surface area (Å²) in [6.07, 6.45) is 2.74. The molecule has 1 aromatic carbocycles. The number of piperidine rings is 1. The third kappa shape index (κ3) is 3.38. The lowest BCUT2D eigenvalue weighted by Crippen LogP contribution is -2.50. The minimum atomic E-state index is -0.885. The molecule has 2 unspecified atom stereocenters. The highest BCUT2D eigenvalue weighted by Gasteiger charge is 2.35. The third-order valence-electron chi connectivity index (χ3n) is 4.09. The predicted octanol–water partition coefficient (Wildman–Crippen LogP) is 2.33. The Morgan fingerprint density at radius 2 is 2.00 bits per heavy atom. The Morgan fingerprint density at radius 1 is 1.30 bits per heavy atom. The summed E-state index contributed by atoms with van der Waals surface area (Å²) in [5.74, 6) is -0.556. The van der Waals surface area contributed by atoms with Crippen molar-refractivity contribution in [3.8, 4) is 0 Å². The number of amides is 1. The topological polar surface area (TPSA) is 57.6 Å². The van der Waals surface area contributed by atoms with Crippen molar-refractivity contribution in [3.63, 3.8) is 0 Å². The van der Waals surface area contributed by atoms with Gasteiger partial charge >= 0.3 is 5.97 Å². The molecule has 1 saturated heterocycles. The van der Waals surface area contributed by atoms with Crippen LogP contribution in [0.2, 0.25) is 0 Å². The van der Waals surface area contributed by atoms with E-state index >= 15 is 0 Å². The number of rotatable bonds is 4. The molecule has 1 fully saturated rings. The van der Waals surface area contributed by atoms with Gasteiger partial charge in [0.05, 0.1) is 6.42 Å². The Morgan fingerprint density at radius 3 is 2.60 bits per heavy atom. The first kappa shape index (κ1) is 14.6. The van der Waals surface area contributed by atoms with Gasteiger partial charge in [-0.05, 0) is 24.3 Å². The van der Waals surface area contributed by atoms with Crippen LogP contribution in [0.5, 0.6) is 0 Å².